The second-order valence-corrected chi connectivity index (χ2v) is 7.69. The van der Waals surface area contributed by atoms with Crippen molar-refractivity contribution in [3.63, 3.8) is 0 Å². The maximum absolute atomic E-state index is 12.4. The fourth-order valence-corrected chi connectivity index (χ4v) is 3.60. The van der Waals surface area contributed by atoms with E-state index in [1.54, 1.807) is 0 Å². The summed E-state index contributed by atoms with van der Waals surface area (Å²) in [6.45, 7) is 4.07. The maximum atomic E-state index is 12.4. The van der Waals surface area contributed by atoms with Crippen molar-refractivity contribution in [2.75, 3.05) is 11.1 Å². The topological polar surface area (TPSA) is 64.7 Å². The van der Waals surface area contributed by atoms with Crippen LogP contribution in [0.5, 0.6) is 0 Å². The van der Waals surface area contributed by atoms with Gasteiger partial charge in [0.15, 0.2) is 5.82 Å². The molecule has 0 spiro atoms. The SMILES string of the molecule is Cc1ccc(NC(=O)CSc2nnc(-c3ccc(C)cc3)n2-n2cccc2)cc1. The first kappa shape index (κ1) is 19.0. The van der Waals surface area contributed by atoms with E-state index in [-0.39, 0.29) is 11.7 Å². The lowest BCUT2D eigenvalue weighted by Gasteiger charge is -2.11. The van der Waals surface area contributed by atoms with Crippen molar-refractivity contribution >= 4 is 23.4 Å². The van der Waals surface area contributed by atoms with E-state index in [0.29, 0.717) is 5.16 Å². The molecule has 2 heterocycles. The van der Waals surface area contributed by atoms with Crippen LogP contribution in [0, 0.1) is 13.8 Å². The summed E-state index contributed by atoms with van der Waals surface area (Å²) in [6.07, 6.45) is 3.86. The Bertz CT molecular complexity index is 1100. The third kappa shape index (κ3) is 4.41. The normalized spacial score (nSPS) is 10.8. The molecule has 0 aliphatic rings. The Balaban J connectivity index is 1.55. The average Bonchev–Trinajstić information content (AvgIpc) is 3.38. The van der Waals surface area contributed by atoms with Crippen molar-refractivity contribution in [1.29, 1.82) is 0 Å². The number of nitrogens with one attached hydrogen (secondary N) is 1. The highest BCUT2D eigenvalue weighted by Gasteiger charge is 2.17. The summed E-state index contributed by atoms with van der Waals surface area (Å²) in [5.74, 6) is 0.877. The second kappa shape index (κ2) is 8.36. The van der Waals surface area contributed by atoms with Gasteiger partial charge in [-0.25, -0.2) is 4.68 Å². The molecule has 2 aromatic heterocycles. The van der Waals surface area contributed by atoms with Gasteiger partial charge in [0, 0.05) is 23.6 Å². The van der Waals surface area contributed by atoms with Gasteiger partial charge < -0.3 is 5.32 Å². The molecule has 1 amide bonds. The predicted molar refractivity (Wildman–Crippen MR) is 116 cm³/mol. The zero-order chi connectivity index (χ0) is 20.2. The number of nitrogens with zero attached hydrogens (tertiary/aromatic N) is 4. The molecule has 0 bridgehead atoms. The van der Waals surface area contributed by atoms with Crippen LogP contribution in [0.15, 0.2) is 78.2 Å². The summed E-state index contributed by atoms with van der Waals surface area (Å²) in [7, 11) is 0. The van der Waals surface area contributed by atoms with E-state index >= 15 is 0 Å². The van der Waals surface area contributed by atoms with Gasteiger partial charge in [-0.15, -0.1) is 10.2 Å². The first-order valence-electron chi connectivity index (χ1n) is 9.25. The molecule has 4 aromatic rings. The Morgan fingerprint density at radius 1 is 0.931 bits per heavy atom. The van der Waals surface area contributed by atoms with Crippen LogP contribution >= 0.6 is 11.8 Å². The standard InChI is InChI=1S/C22H21N5OS/c1-16-5-9-18(10-6-16)21-24-25-22(27(21)26-13-3-4-14-26)29-15-20(28)23-19-11-7-17(2)8-12-19/h3-14H,15H2,1-2H3,(H,23,28). The van der Waals surface area contributed by atoms with Gasteiger partial charge >= 0.3 is 0 Å². The largest absolute Gasteiger partial charge is 0.325 e. The molecule has 29 heavy (non-hydrogen) atoms. The van der Waals surface area contributed by atoms with Crippen LogP contribution in [0.2, 0.25) is 0 Å². The zero-order valence-corrected chi connectivity index (χ0v) is 17.1. The third-order valence-electron chi connectivity index (χ3n) is 4.41. The Labute approximate surface area is 173 Å². The van der Waals surface area contributed by atoms with Crippen molar-refractivity contribution in [3.05, 3.63) is 84.2 Å². The van der Waals surface area contributed by atoms with E-state index in [1.165, 1.54) is 17.3 Å². The highest BCUT2D eigenvalue weighted by Crippen LogP contribution is 2.25. The lowest BCUT2D eigenvalue weighted by Crippen LogP contribution is -2.15. The lowest BCUT2D eigenvalue weighted by atomic mass is 10.1. The molecule has 146 valence electrons. The van der Waals surface area contributed by atoms with Gasteiger partial charge in [-0.05, 0) is 38.1 Å². The summed E-state index contributed by atoms with van der Waals surface area (Å²) in [5.41, 5.74) is 4.09. The molecule has 7 heteroatoms. The molecular formula is C22H21N5OS. The fraction of sp³-hybridized carbons (Fsp3) is 0.136. The summed E-state index contributed by atoms with van der Waals surface area (Å²) in [4.78, 5) is 12.4. The molecular weight excluding hydrogens is 382 g/mol. The van der Waals surface area contributed by atoms with E-state index in [4.69, 9.17) is 0 Å². The van der Waals surface area contributed by atoms with Gasteiger partial charge in [0.25, 0.3) is 0 Å². The maximum Gasteiger partial charge on any atom is 0.234 e. The van der Waals surface area contributed by atoms with Gasteiger partial charge in [0.05, 0.1) is 5.75 Å². The first-order valence-corrected chi connectivity index (χ1v) is 10.2. The van der Waals surface area contributed by atoms with Crippen LogP contribution in [-0.4, -0.2) is 31.2 Å². The number of benzene rings is 2. The van der Waals surface area contributed by atoms with Gasteiger partial charge in [0.2, 0.25) is 11.1 Å². The molecule has 0 fully saturated rings. The predicted octanol–water partition coefficient (Wildman–Crippen LogP) is 4.41. The van der Waals surface area contributed by atoms with Gasteiger partial charge in [-0.2, -0.15) is 0 Å². The molecule has 0 saturated carbocycles. The number of rotatable bonds is 6. The van der Waals surface area contributed by atoms with Crippen LogP contribution in [0.3, 0.4) is 0 Å². The molecule has 1 N–H and O–H groups in total. The van der Waals surface area contributed by atoms with Crippen LogP contribution in [0.25, 0.3) is 11.4 Å². The minimum absolute atomic E-state index is 0.0854. The summed E-state index contributed by atoms with van der Waals surface area (Å²) < 4.78 is 3.82. The van der Waals surface area contributed by atoms with Crippen LogP contribution in [-0.2, 0) is 4.79 Å². The Morgan fingerprint density at radius 2 is 1.55 bits per heavy atom. The van der Waals surface area contributed by atoms with Gasteiger partial charge in [-0.1, -0.05) is 59.3 Å². The van der Waals surface area contributed by atoms with Crippen molar-refractivity contribution in [2.24, 2.45) is 0 Å². The van der Waals surface area contributed by atoms with Crippen molar-refractivity contribution in [1.82, 2.24) is 19.5 Å². The number of thioether (sulfide) groups is 1. The second-order valence-electron chi connectivity index (χ2n) is 6.75. The molecule has 0 radical (unpaired) electrons. The molecule has 0 aliphatic carbocycles. The quantitative estimate of drug-likeness (QED) is 0.485. The Morgan fingerprint density at radius 3 is 2.21 bits per heavy atom. The molecule has 4 rings (SSSR count). The van der Waals surface area contributed by atoms with Crippen LogP contribution in [0.1, 0.15) is 11.1 Å². The average molecular weight is 404 g/mol. The summed E-state index contributed by atoms with van der Waals surface area (Å²) in [5, 5.41) is 12.3. The lowest BCUT2D eigenvalue weighted by molar-refractivity contribution is -0.113. The van der Waals surface area contributed by atoms with Crippen molar-refractivity contribution in [3.8, 4) is 11.4 Å². The Hall–Kier alpha value is -3.32. The van der Waals surface area contributed by atoms with Crippen LogP contribution in [0.4, 0.5) is 5.69 Å². The first-order chi connectivity index (χ1) is 14.1. The molecule has 0 atom stereocenters. The van der Waals surface area contributed by atoms with E-state index in [1.807, 2.05) is 96.3 Å². The number of hydrogen-bond donors (Lipinski definition) is 1. The number of aryl methyl sites for hydroxylation is 2. The Kier molecular flexibility index (Phi) is 5.48. The van der Waals surface area contributed by atoms with Gasteiger partial charge in [-0.3, -0.25) is 9.47 Å². The minimum Gasteiger partial charge on any atom is -0.325 e. The molecule has 0 saturated heterocycles. The van der Waals surface area contributed by atoms with E-state index in [9.17, 15) is 4.79 Å². The molecule has 6 nitrogen and oxygen atoms in total. The number of anilines is 1. The number of aromatic nitrogens is 4. The van der Waals surface area contributed by atoms with Crippen molar-refractivity contribution < 1.29 is 4.79 Å². The molecule has 0 unspecified atom stereocenters. The number of amides is 1. The fourth-order valence-electron chi connectivity index (χ4n) is 2.87. The van der Waals surface area contributed by atoms with E-state index < -0.39 is 0 Å². The zero-order valence-electron chi connectivity index (χ0n) is 16.2. The van der Waals surface area contributed by atoms with E-state index in [2.05, 4.69) is 15.5 Å². The monoisotopic (exact) mass is 403 g/mol. The van der Waals surface area contributed by atoms with Crippen LogP contribution < -0.4 is 5.32 Å². The summed E-state index contributed by atoms with van der Waals surface area (Å²) >= 11 is 1.35. The minimum atomic E-state index is -0.0854. The molecule has 0 aliphatic heterocycles. The third-order valence-corrected chi connectivity index (χ3v) is 5.33. The smallest absolute Gasteiger partial charge is 0.234 e. The molecule has 2 aromatic carbocycles. The number of carbonyl (C=O) groups is 1. The number of carbonyl (C=O) groups excluding carboxylic acids is 1. The highest BCUT2D eigenvalue weighted by atomic mass is 32.2. The van der Waals surface area contributed by atoms with Crippen molar-refractivity contribution in [2.45, 2.75) is 19.0 Å². The summed E-state index contributed by atoms with van der Waals surface area (Å²) in [6, 6.07) is 19.8. The van der Waals surface area contributed by atoms with Gasteiger partial charge in [0.1, 0.15) is 0 Å². The van der Waals surface area contributed by atoms with E-state index in [0.717, 1.165) is 22.6 Å². The number of hydrogen-bond acceptors (Lipinski definition) is 4. The highest BCUT2D eigenvalue weighted by molar-refractivity contribution is 7.99.